The number of aryl methyl sites for hydroxylation is 1. The standard InChI is InChI=1S/C21H22N4O2S/c1-13(2)18(24-19(26)15-9-7-14(3)8-10-15)20(27)25-21-23-17(12-28-21)16-6-4-5-11-22-16/h4-13,18H,1-3H3,(H,24,26)(H,23,25,27). The highest BCUT2D eigenvalue weighted by atomic mass is 32.1. The van der Waals surface area contributed by atoms with E-state index in [-0.39, 0.29) is 17.7 Å². The van der Waals surface area contributed by atoms with Crippen LogP contribution in [-0.4, -0.2) is 27.8 Å². The highest BCUT2D eigenvalue weighted by molar-refractivity contribution is 7.14. The molecule has 1 aromatic carbocycles. The van der Waals surface area contributed by atoms with Crippen molar-refractivity contribution in [2.24, 2.45) is 5.92 Å². The number of anilines is 1. The summed E-state index contributed by atoms with van der Waals surface area (Å²) in [5, 5.41) is 7.94. The first-order valence-electron chi connectivity index (χ1n) is 8.99. The zero-order valence-corrected chi connectivity index (χ0v) is 16.8. The van der Waals surface area contributed by atoms with Crippen molar-refractivity contribution in [3.8, 4) is 11.4 Å². The number of aromatic nitrogens is 2. The van der Waals surface area contributed by atoms with E-state index >= 15 is 0 Å². The van der Waals surface area contributed by atoms with Gasteiger partial charge in [-0.15, -0.1) is 11.3 Å². The van der Waals surface area contributed by atoms with Gasteiger partial charge in [0.25, 0.3) is 5.91 Å². The minimum atomic E-state index is -0.670. The van der Waals surface area contributed by atoms with Crippen molar-refractivity contribution in [3.05, 3.63) is 65.2 Å². The number of carbonyl (C=O) groups excluding carboxylic acids is 2. The van der Waals surface area contributed by atoms with E-state index < -0.39 is 6.04 Å². The van der Waals surface area contributed by atoms with Gasteiger partial charge < -0.3 is 10.6 Å². The molecule has 2 amide bonds. The quantitative estimate of drug-likeness (QED) is 0.664. The van der Waals surface area contributed by atoms with Crippen molar-refractivity contribution in [2.75, 3.05) is 5.32 Å². The van der Waals surface area contributed by atoms with Gasteiger partial charge in [0, 0.05) is 17.1 Å². The summed E-state index contributed by atoms with van der Waals surface area (Å²) in [4.78, 5) is 33.9. The maximum Gasteiger partial charge on any atom is 0.251 e. The van der Waals surface area contributed by atoms with E-state index in [2.05, 4.69) is 20.6 Å². The number of nitrogens with one attached hydrogen (secondary N) is 2. The van der Waals surface area contributed by atoms with Gasteiger partial charge in [0.2, 0.25) is 5.91 Å². The lowest BCUT2D eigenvalue weighted by Gasteiger charge is -2.21. The number of thiazole rings is 1. The molecule has 0 saturated carbocycles. The molecule has 1 atom stereocenters. The Kier molecular flexibility index (Phi) is 6.16. The Labute approximate surface area is 168 Å². The van der Waals surface area contributed by atoms with Crippen LogP contribution in [0.4, 0.5) is 5.13 Å². The Morgan fingerprint density at radius 2 is 1.79 bits per heavy atom. The molecule has 0 spiro atoms. The molecule has 28 heavy (non-hydrogen) atoms. The molecule has 2 aromatic heterocycles. The van der Waals surface area contributed by atoms with Gasteiger partial charge in [0.1, 0.15) is 11.7 Å². The zero-order valence-electron chi connectivity index (χ0n) is 16.0. The Balaban J connectivity index is 1.69. The van der Waals surface area contributed by atoms with Gasteiger partial charge >= 0.3 is 0 Å². The SMILES string of the molecule is Cc1ccc(C(=O)NC(C(=O)Nc2nc(-c3ccccn3)cs2)C(C)C)cc1. The Morgan fingerprint density at radius 1 is 1.04 bits per heavy atom. The fourth-order valence-corrected chi connectivity index (χ4v) is 3.32. The first-order chi connectivity index (χ1) is 13.4. The van der Waals surface area contributed by atoms with Crippen LogP contribution in [0, 0.1) is 12.8 Å². The summed E-state index contributed by atoms with van der Waals surface area (Å²) in [6.45, 7) is 5.74. The van der Waals surface area contributed by atoms with Gasteiger partial charge in [0.15, 0.2) is 5.13 Å². The normalized spacial score (nSPS) is 11.9. The number of hydrogen-bond donors (Lipinski definition) is 2. The molecule has 0 aliphatic heterocycles. The van der Waals surface area contributed by atoms with Gasteiger partial charge in [-0.25, -0.2) is 4.98 Å². The average molecular weight is 395 g/mol. The number of pyridine rings is 1. The third-order valence-electron chi connectivity index (χ3n) is 4.21. The van der Waals surface area contributed by atoms with Crippen LogP contribution >= 0.6 is 11.3 Å². The molecule has 0 aliphatic carbocycles. The molecule has 1 unspecified atom stereocenters. The third kappa shape index (κ3) is 4.80. The average Bonchev–Trinajstić information content (AvgIpc) is 3.15. The molecule has 0 fully saturated rings. The largest absolute Gasteiger partial charge is 0.340 e. The molecule has 0 bridgehead atoms. The molecule has 144 valence electrons. The topological polar surface area (TPSA) is 84.0 Å². The van der Waals surface area contributed by atoms with Crippen LogP contribution in [0.2, 0.25) is 0 Å². The number of rotatable bonds is 6. The van der Waals surface area contributed by atoms with Crippen LogP contribution in [-0.2, 0) is 4.79 Å². The predicted octanol–water partition coefficient (Wildman–Crippen LogP) is 3.91. The second-order valence-electron chi connectivity index (χ2n) is 6.80. The van der Waals surface area contributed by atoms with Crippen molar-refractivity contribution >= 4 is 28.3 Å². The number of carbonyl (C=O) groups is 2. The predicted molar refractivity (Wildman–Crippen MR) is 111 cm³/mol. The van der Waals surface area contributed by atoms with Crippen LogP contribution in [0.25, 0.3) is 11.4 Å². The summed E-state index contributed by atoms with van der Waals surface area (Å²) in [5.74, 6) is -0.649. The second kappa shape index (κ2) is 8.75. The van der Waals surface area contributed by atoms with Crippen LogP contribution in [0.1, 0.15) is 29.8 Å². The maximum absolute atomic E-state index is 12.7. The van der Waals surface area contributed by atoms with Crippen LogP contribution < -0.4 is 10.6 Å². The van der Waals surface area contributed by atoms with Crippen molar-refractivity contribution in [1.29, 1.82) is 0 Å². The first kappa shape index (κ1) is 19.7. The Morgan fingerprint density at radius 3 is 2.43 bits per heavy atom. The minimum Gasteiger partial charge on any atom is -0.340 e. The van der Waals surface area contributed by atoms with Crippen molar-refractivity contribution in [1.82, 2.24) is 15.3 Å². The van der Waals surface area contributed by atoms with Crippen molar-refractivity contribution < 1.29 is 9.59 Å². The second-order valence-corrected chi connectivity index (χ2v) is 7.66. The lowest BCUT2D eigenvalue weighted by Crippen LogP contribution is -2.47. The fourth-order valence-electron chi connectivity index (χ4n) is 2.61. The van der Waals surface area contributed by atoms with E-state index in [9.17, 15) is 9.59 Å². The summed E-state index contributed by atoms with van der Waals surface area (Å²) in [6, 6.07) is 12.1. The van der Waals surface area contributed by atoms with Gasteiger partial charge in [-0.3, -0.25) is 14.6 Å². The van der Waals surface area contributed by atoms with Crippen molar-refractivity contribution in [3.63, 3.8) is 0 Å². The zero-order chi connectivity index (χ0) is 20.1. The Hall–Kier alpha value is -3.06. The summed E-state index contributed by atoms with van der Waals surface area (Å²) in [5.41, 5.74) is 3.04. The molecule has 3 rings (SSSR count). The Bertz CT molecular complexity index is 952. The lowest BCUT2D eigenvalue weighted by atomic mass is 10.0. The molecule has 2 N–H and O–H groups in total. The summed E-state index contributed by atoms with van der Waals surface area (Å²) >= 11 is 1.32. The highest BCUT2D eigenvalue weighted by Gasteiger charge is 2.25. The van der Waals surface area contributed by atoms with E-state index in [1.165, 1.54) is 11.3 Å². The number of benzene rings is 1. The molecule has 2 heterocycles. The molecule has 0 radical (unpaired) electrons. The number of hydrogen-bond acceptors (Lipinski definition) is 5. The van der Waals surface area contributed by atoms with Gasteiger partial charge in [0.05, 0.1) is 5.69 Å². The van der Waals surface area contributed by atoms with E-state index in [0.29, 0.717) is 16.4 Å². The maximum atomic E-state index is 12.7. The van der Waals surface area contributed by atoms with Gasteiger partial charge in [-0.05, 0) is 37.1 Å². The molecule has 6 nitrogen and oxygen atoms in total. The van der Waals surface area contributed by atoms with E-state index in [4.69, 9.17) is 0 Å². The van der Waals surface area contributed by atoms with Gasteiger partial charge in [-0.1, -0.05) is 37.6 Å². The van der Waals surface area contributed by atoms with E-state index in [1.807, 2.05) is 56.5 Å². The van der Waals surface area contributed by atoms with Gasteiger partial charge in [-0.2, -0.15) is 0 Å². The molecule has 0 saturated heterocycles. The summed E-state index contributed by atoms with van der Waals surface area (Å²) in [7, 11) is 0. The molecular formula is C21H22N4O2S. The number of amides is 2. The van der Waals surface area contributed by atoms with Crippen molar-refractivity contribution in [2.45, 2.75) is 26.8 Å². The minimum absolute atomic E-state index is 0.0791. The van der Waals surface area contributed by atoms with E-state index in [0.717, 1.165) is 11.3 Å². The summed E-state index contributed by atoms with van der Waals surface area (Å²) in [6.07, 6.45) is 1.70. The van der Waals surface area contributed by atoms with E-state index in [1.54, 1.807) is 18.3 Å². The van der Waals surface area contributed by atoms with Crippen LogP contribution in [0.3, 0.4) is 0 Å². The fraction of sp³-hybridized carbons (Fsp3) is 0.238. The smallest absolute Gasteiger partial charge is 0.251 e. The summed E-state index contributed by atoms with van der Waals surface area (Å²) < 4.78 is 0. The molecule has 3 aromatic rings. The molecule has 0 aliphatic rings. The third-order valence-corrected chi connectivity index (χ3v) is 4.97. The molecule has 7 heteroatoms. The van der Waals surface area contributed by atoms with Crippen LogP contribution in [0.5, 0.6) is 0 Å². The number of nitrogens with zero attached hydrogens (tertiary/aromatic N) is 2. The molecular weight excluding hydrogens is 372 g/mol. The van der Waals surface area contributed by atoms with Crippen LogP contribution in [0.15, 0.2) is 54.0 Å². The monoisotopic (exact) mass is 394 g/mol. The lowest BCUT2D eigenvalue weighted by molar-refractivity contribution is -0.118. The highest BCUT2D eigenvalue weighted by Crippen LogP contribution is 2.23. The first-order valence-corrected chi connectivity index (χ1v) is 9.87.